The number of thiophene rings is 1. The van der Waals surface area contributed by atoms with Gasteiger partial charge in [-0.1, -0.05) is 30.4 Å². The summed E-state index contributed by atoms with van der Waals surface area (Å²) < 4.78 is 1.63. The summed E-state index contributed by atoms with van der Waals surface area (Å²) in [4.78, 5) is 19.4. The van der Waals surface area contributed by atoms with E-state index in [0.717, 1.165) is 31.8 Å². The van der Waals surface area contributed by atoms with Gasteiger partial charge in [0.2, 0.25) is 0 Å². The average Bonchev–Trinajstić information content (AvgIpc) is 2.78. The van der Waals surface area contributed by atoms with Crippen molar-refractivity contribution in [1.29, 1.82) is 0 Å². The molecule has 4 nitrogen and oxygen atoms in total. The van der Waals surface area contributed by atoms with E-state index in [1.165, 1.54) is 0 Å². The number of nitrogens with two attached hydrogens (primary N) is 1. The minimum atomic E-state index is -0.00687. The number of rotatable bonds is 3. The summed E-state index contributed by atoms with van der Waals surface area (Å²) in [5.74, 6) is 0. The van der Waals surface area contributed by atoms with Crippen molar-refractivity contribution in [1.82, 2.24) is 9.55 Å². The van der Waals surface area contributed by atoms with Crippen molar-refractivity contribution >= 4 is 38.8 Å². The maximum absolute atomic E-state index is 12.7. The highest BCUT2D eigenvalue weighted by Gasteiger charge is 2.12. The van der Waals surface area contributed by atoms with Crippen molar-refractivity contribution in [3.05, 3.63) is 62.5 Å². The van der Waals surface area contributed by atoms with E-state index in [1.54, 1.807) is 22.2 Å². The molecule has 0 aliphatic carbocycles. The molecule has 1 aromatic carbocycles. The molecule has 2 N–H and O–H groups in total. The van der Waals surface area contributed by atoms with Gasteiger partial charge in [0.1, 0.15) is 9.82 Å². The number of fused-ring (bicyclic) bond motifs is 1. The Bertz CT molecular complexity index is 940. The van der Waals surface area contributed by atoms with Crippen LogP contribution in [-0.4, -0.2) is 14.5 Å². The summed E-state index contributed by atoms with van der Waals surface area (Å²) in [5.41, 5.74) is 8.44. The van der Waals surface area contributed by atoms with Crippen LogP contribution < -0.4 is 11.3 Å². The molecular weight excluding hydrogens is 314 g/mol. The van der Waals surface area contributed by atoms with Crippen molar-refractivity contribution in [3.8, 4) is 0 Å². The highest BCUT2D eigenvalue weighted by molar-refractivity contribution is 7.80. The molecule has 0 saturated heterocycles. The normalized spacial score (nSPS) is 11.0. The molecule has 0 aliphatic rings. The van der Waals surface area contributed by atoms with Crippen LogP contribution in [0.15, 0.2) is 35.4 Å². The molecule has 22 heavy (non-hydrogen) atoms. The number of hydrogen-bond acceptors (Lipinski definition) is 4. The van der Waals surface area contributed by atoms with Gasteiger partial charge in [0, 0.05) is 10.4 Å². The molecule has 0 fully saturated rings. The van der Waals surface area contributed by atoms with E-state index in [9.17, 15) is 4.79 Å². The zero-order valence-electron chi connectivity index (χ0n) is 12.3. The maximum Gasteiger partial charge on any atom is 0.262 e. The number of thiocarbonyl (C=S) groups is 1. The Hall–Kier alpha value is -2.05. The largest absolute Gasteiger partial charge is 0.389 e. The van der Waals surface area contributed by atoms with Crippen LogP contribution in [0.5, 0.6) is 0 Å². The Labute approximate surface area is 137 Å². The van der Waals surface area contributed by atoms with Crippen LogP contribution in [0.3, 0.4) is 0 Å². The number of aryl methyl sites for hydroxylation is 2. The van der Waals surface area contributed by atoms with Gasteiger partial charge in [-0.05, 0) is 31.0 Å². The van der Waals surface area contributed by atoms with E-state index in [2.05, 4.69) is 4.98 Å². The molecule has 2 heterocycles. The first kappa shape index (κ1) is 14.9. The second-order valence-electron chi connectivity index (χ2n) is 5.21. The lowest BCUT2D eigenvalue weighted by molar-refractivity contribution is 0.749. The molecule has 0 aliphatic heterocycles. The molecule has 0 radical (unpaired) electrons. The summed E-state index contributed by atoms with van der Waals surface area (Å²) in [6.45, 7) is 4.43. The van der Waals surface area contributed by atoms with Crippen molar-refractivity contribution in [2.75, 3.05) is 0 Å². The second-order valence-corrected chi connectivity index (χ2v) is 6.85. The first-order chi connectivity index (χ1) is 10.5. The van der Waals surface area contributed by atoms with Gasteiger partial charge in [0.25, 0.3) is 5.56 Å². The van der Waals surface area contributed by atoms with Gasteiger partial charge in [0.15, 0.2) is 0 Å². The summed E-state index contributed by atoms with van der Waals surface area (Å²) in [6, 6.07) is 7.61. The molecule has 6 heteroatoms. The van der Waals surface area contributed by atoms with Gasteiger partial charge in [-0.3, -0.25) is 9.36 Å². The zero-order valence-corrected chi connectivity index (χ0v) is 13.9. The van der Waals surface area contributed by atoms with Gasteiger partial charge in [-0.2, -0.15) is 0 Å². The van der Waals surface area contributed by atoms with E-state index in [1.807, 2.05) is 38.1 Å². The minimum absolute atomic E-state index is 0.00687. The monoisotopic (exact) mass is 329 g/mol. The third-order valence-electron chi connectivity index (χ3n) is 3.72. The van der Waals surface area contributed by atoms with E-state index < -0.39 is 0 Å². The predicted octanol–water partition coefficient (Wildman–Crippen LogP) is 2.76. The summed E-state index contributed by atoms with van der Waals surface area (Å²) in [6.07, 6.45) is 1.60. The molecule has 0 saturated carbocycles. The summed E-state index contributed by atoms with van der Waals surface area (Å²) >= 11 is 6.55. The van der Waals surface area contributed by atoms with Crippen LogP contribution in [0.2, 0.25) is 0 Å². The molecule has 3 aromatic rings. The fourth-order valence-corrected chi connectivity index (χ4v) is 3.52. The van der Waals surface area contributed by atoms with Gasteiger partial charge in [0.05, 0.1) is 18.3 Å². The van der Waals surface area contributed by atoms with Crippen molar-refractivity contribution in [2.45, 2.75) is 20.4 Å². The fraction of sp³-hybridized carbons (Fsp3) is 0.188. The molecular formula is C16H15N3OS2. The predicted molar refractivity (Wildman–Crippen MR) is 94.8 cm³/mol. The lowest BCUT2D eigenvalue weighted by Crippen LogP contribution is -2.21. The van der Waals surface area contributed by atoms with Gasteiger partial charge >= 0.3 is 0 Å². The maximum atomic E-state index is 12.7. The van der Waals surface area contributed by atoms with Crippen LogP contribution in [0.1, 0.15) is 21.6 Å². The molecule has 3 rings (SSSR count). The summed E-state index contributed by atoms with van der Waals surface area (Å²) in [7, 11) is 0. The molecule has 0 amide bonds. The lowest BCUT2D eigenvalue weighted by atomic mass is 10.1. The second kappa shape index (κ2) is 5.62. The highest BCUT2D eigenvalue weighted by Crippen LogP contribution is 2.25. The number of aromatic nitrogens is 2. The van der Waals surface area contributed by atoms with E-state index in [4.69, 9.17) is 18.0 Å². The van der Waals surface area contributed by atoms with E-state index >= 15 is 0 Å². The van der Waals surface area contributed by atoms with Gasteiger partial charge < -0.3 is 5.73 Å². The Morgan fingerprint density at radius 3 is 2.91 bits per heavy atom. The van der Waals surface area contributed by atoms with Crippen LogP contribution in [0.25, 0.3) is 10.2 Å². The third kappa shape index (κ3) is 2.55. The topological polar surface area (TPSA) is 60.9 Å². The molecule has 0 atom stereocenters. The van der Waals surface area contributed by atoms with Crippen molar-refractivity contribution in [2.24, 2.45) is 5.73 Å². The minimum Gasteiger partial charge on any atom is -0.389 e. The Kier molecular flexibility index (Phi) is 3.80. The third-order valence-corrected chi connectivity index (χ3v) is 5.07. The zero-order chi connectivity index (χ0) is 15.9. The number of benzene rings is 1. The molecule has 0 bridgehead atoms. The van der Waals surface area contributed by atoms with Crippen LogP contribution in [0, 0.1) is 13.8 Å². The standard InChI is InChI=1S/C16H15N3OS2/c1-9-10(2)22-15-13(9)16(20)19(8-18-15)7-11-4-3-5-12(6-11)14(17)21/h3-6,8H,7H2,1-2H3,(H2,17,21). The smallest absolute Gasteiger partial charge is 0.262 e. The molecule has 0 spiro atoms. The molecule has 2 aromatic heterocycles. The highest BCUT2D eigenvalue weighted by atomic mass is 32.1. The number of hydrogen-bond donors (Lipinski definition) is 1. The number of nitrogens with zero attached hydrogens (tertiary/aromatic N) is 2. The molecule has 112 valence electrons. The van der Waals surface area contributed by atoms with Gasteiger partial charge in [-0.25, -0.2) is 4.98 Å². The first-order valence-corrected chi connectivity index (χ1v) is 8.03. The fourth-order valence-electron chi connectivity index (χ4n) is 2.40. The SMILES string of the molecule is Cc1sc2ncn(Cc3cccc(C(N)=S)c3)c(=O)c2c1C. The van der Waals surface area contributed by atoms with Crippen LogP contribution in [0.4, 0.5) is 0 Å². The lowest BCUT2D eigenvalue weighted by Gasteiger charge is -2.07. The Balaban J connectivity index is 2.06. The quantitative estimate of drug-likeness (QED) is 0.751. The van der Waals surface area contributed by atoms with Crippen LogP contribution >= 0.6 is 23.6 Å². The van der Waals surface area contributed by atoms with Crippen LogP contribution in [-0.2, 0) is 6.54 Å². The van der Waals surface area contributed by atoms with Gasteiger partial charge in [-0.15, -0.1) is 11.3 Å². The first-order valence-electron chi connectivity index (χ1n) is 6.81. The van der Waals surface area contributed by atoms with Crippen molar-refractivity contribution < 1.29 is 0 Å². The molecule has 0 unspecified atom stereocenters. The average molecular weight is 329 g/mol. The van der Waals surface area contributed by atoms with Crippen molar-refractivity contribution in [3.63, 3.8) is 0 Å². The Morgan fingerprint density at radius 2 is 2.18 bits per heavy atom. The summed E-state index contributed by atoms with van der Waals surface area (Å²) in [5, 5.41) is 0.718. The van der Waals surface area contributed by atoms with E-state index in [0.29, 0.717) is 11.5 Å². The Morgan fingerprint density at radius 1 is 1.41 bits per heavy atom. The van der Waals surface area contributed by atoms with E-state index in [-0.39, 0.29) is 5.56 Å².